The summed E-state index contributed by atoms with van der Waals surface area (Å²) in [6, 6.07) is 1.44. The van der Waals surface area contributed by atoms with Crippen molar-refractivity contribution >= 4 is 34.9 Å². The molecule has 0 aliphatic carbocycles. The standard InChI is InChI=1S/C22H26ClFN4O4/c1-12-8-13(9-25-19(12)24)27-20(31)15-14-6-4-5-7-28(14)17(16(15)23)18(30)21(32)26-10-22(2,3)11-29/h8-9,29H,4-7,10-11H2,1-3H3,(H,26,32)(H,27,31). The summed E-state index contributed by atoms with van der Waals surface area (Å²) >= 11 is 6.50. The molecule has 3 N–H and O–H groups in total. The van der Waals surface area contributed by atoms with Crippen LogP contribution in [0.3, 0.4) is 0 Å². The number of amides is 2. The van der Waals surface area contributed by atoms with Crippen LogP contribution >= 0.6 is 11.6 Å². The zero-order valence-corrected chi connectivity index (χ0v) is 19.0. The largest absolute Gasteiger partial charge is 0.396 e. The second kappa shape index (κ2) is 9.38. The monoisotopic (exact) mass is 464 g/mol. The highest BCUT2D eigenvalue weighted by Gasteiger charge is 2.34. The molecular formula is C22H26ClFN4O4. The van der Waals surface area contributed by atoms with Crippen molar-refractivity contribution in [1.82, 2.24) is 14.9 Å². The van der Waals surface area contributed by atoms with E-state index in [2.05, 4.69) is 15.6 Å². The zero-order chi connectivity index (χ0) is 23.6. The molecule has 2 amide bonds. The van der Waals surface area contributed by atoms with Gasteiger partial charge >= 0.3 is 0 Å². The minimum atomic E-state index is -0.857. The van der Waals surface area contributed by atoms with E-state index in [9.17, 15) is 23.9 Å². The molecular weight excluding hydrogens is 439 g/mol. The number of Topliss-reactive ketones (excluding diaryl/α,β-unsaturated/α-hetero) is 1. The lowest BCUT2D eigenvalue weighted by atomic mass is 9.95. The molecule has 0 fully saturated rings. The van der Waals surface area contributed by atoms with Crippen molar-refractivity contribution in [2.45, 2.75) is 46.6 Å². The van der Waals surface area contributed by atoms with Crippen LogP contribution in [0.25, 0.3) is 0 Å². The van der Waals surface area contributed by atoms with Gasteiger partial charge in [0.05, 0.1) is 22.5 Å². The average Bonchev–Trinajstić information content (AvgIpc) is 3.06. The number of pyridine rings is 1. The van der Waals surface area contributed by atoms with E-state index in [-0.39, 0.29) is 40.7 Å². The maximum absolute atomic E-state index is 13.4. The number of nitrogens with one attached hydrogen (secondary N) is 2. The van der Waals surface area contributed by atoms with Gasteiger partial charge in [0, 0.05) is 36.4 Å². The summed E-state index contributed by atoms with van der Waals surface area (Å²) in [5, 5.41) is 14.4. The number of hydrogen-bond donors (Lipinski definition) is 3. The molecule has 2 aromatic heterocycles. The molecule has 0 spiro atoms. The van der Waals surface area contributed by atoms with Crippen LogP contribution in [0.4, 0.5) is 10.1 Å². The van der Waals surface area contributed by atoms with Crippen molar-refractivity contribution < 1.29 is 23.9 Å². The Kier molecular flexibility index (Phi) is 7.00. The topological polar surface area (TPSA) is 113 Å². The first kappa shape index (κ1) is 23.9. The third-order valence-electron chi connectivity index (χ3n) is 5.43. The lowest BCUT2D eigenvalue weighted by Crippen LogP contribution is -2.40. The Morgan fingerprint density at radius 3 is 2.69 bits per heavy atom. The van der Waals surface area contributed by atoms with E-state index in [1.807, 2.05) is 0 Å². The van der Waals surface area contributed by atoms with Crippen LogP contribution in [-0.2, 0) is 17.8 Å². The molecule has 0 saturated heterocycles. The Hall–Kier alpha value is -2.78. The van der Waals surface area contributed by atoms with E-state index in [4.69, 9.17) is 11.6 Å². The summed E-state index contributed by atoms with van der Waals surface area (Å²) in [6.45, 7) is 5.42. The van der Waals surface area contributed by atoms with Crippen LogP contribution in [0.2, 0.25) is 5.02 Å². The lowest BCUT2D eigenvalue weighted by Gasteiger charge is -2.22. The highest BCUT2D eigenvalue weighted by Crippen LogP contribution is 2.33. The van der Waals surface area contributed by atoms with Crippen LogP contribution in [0.1, 0.15) is 58.8 Å². The first-order valence-corrected chi connectivity index (χ1v) is 10.7. The molecule has 0 bridgehead atoms. The summed E-state index contributed by atoms with van der Waals surface area (Å²) < 4.78 is 15.1. The lowest BCUT2D eigenvalue weighted by molar-refractivity contribution is -0.117. The van der Waals surface area contributed by atoms with Crippen molar-refractivity contribution in [3.8, 4) is 0 Å². The highest BCUT2D eigenvalue weighted by molar-refractivity contribution is 6.48. The molecule has 8 nitrogen and oxygen atoms in total. The molecule has 3 rings (SSSR count). The quantitative estimate of drug-likeness (QED) is 0.331. The maximum Gasteiger partial charge on any atom is 0.294 e. The number of aliphatic hydroxyl groups excluding tert-OH is 1. The van der Waals surface area contributed by atoms with Crippen LogP contribution in [0.5, 0.6) is 0 Å². The van der Waals surface area contributed by atoms with E-state index < -0.39 is 29.0 Å². The predicted molar refractivity (Wildman–Crippen MR) is 117 cm³/mol. The Morgan fingerprint density at radius 1 is 1.31 bits per heavy atom. The fourth-order valence-electron chi connectivity index (χ4n) is 3.54. The number of halogens is 2. The van der Waals surface area contributed by atoms with Gasteiger partial charge in [0.25, 0.3) is 17.6 Å². The van der Waals surface area contributed by atoms with Gasteiger partial charge in [-0.2, -0.15) is 4.39 Å². The van der Waals surface area contributed by atoms with Crippen molar-refractivity contribution in [3.63, 3.8) is 0 Å². The number of nitrogens with zero attached hydrogens (tertiary/aromatic N) is 2. The second-order valence-corrected chi connectivity index (χ2v) is 9.09. The molecule has 2 aromatic rings. The number of rotatable bonds is 7. The van der Waals surface area contributed by atoms with Crippen molar-refractivity contribution in [1.29, 1.82) is 0 Å². The van der Waals surface area contributed by atoms with Gasteiger partial charge in [0.15, 0.2) is 0 Å². The number of carbonyl (C=O) groups excluding carboxylic acids is 3. The second-order valence-electron chi connectivity index (χ2n) is 8.71. The summed E-state index contributed by atoms with van der Waals surface area (Å²) in [4.78, 5) is 42.1. The minimum absolute atomic E-state index is 0.0285. The third-order valence-corrected chi connectivity index (χ3v) is 5.80. The van der Waals surface area contributed by atoms with E-state index in [1.165, 1.54) is 19.2 Å². The van der Waals surface area contributed by atoms with Gasteiger partial charge in [-0.25, -0.2) is 4.98 Å². The van der Waals surface area contributed by atoms with Gasteiger partial charge in [-0.1, -0.05) is 25.4 Å². The number of carbonyl (C=O) groups is 3. The van der Waals surface area contributed by atoms with E-state index in [0.717, 1.165) is 12.8 Å². The molecule has 10 heteroatoms. The average molecular weight is 465 g/mol. The van der Waals surface area contributed by atoms with Crippen molar-refractivity contribution in [2.75, 3.05) is 18.5 Å². The SMILES string of the molecule is Cc1cc(NC(=O)c2c(Cl)c(C(=O)C(=O)NCC(C)(C)CO)n3c2CCCC3)cnc1F. The molecule has 172 valence electrons. The summed E-state index contributed by atoms with van der Waals surface area (Å²) in [6.07, 6.45) is 3.30. The molecule has 0 unspecified atom stereocenters. The van der Waals surface area contributed by atoms with Crippen LogP contribution in [0.15, 0.2) is 12.3 Å². The number of hydrogen-bond acceptors (Lipinski definition) is 5. The van der Waals surface area contributed by atoms with Gasteiger partial charge in [0.1, 0.15) is 5.69 Å². The molecule has 0 aromatic carbocycles. The van der Waals surface area contributed by atoms with Crippen molar-refractivity contribution in [2.24, 2.45) is 5.41 Å². The smallest absolute Gasteiger partial charge is 0.294 e. The molecule has 32 heavy (non-hydrogen) atoms. The van der Waals surface area contributed by atoms with Gasteiger partial charge in [-0.15, -0.1) is 0 Å². The fourth-order valence-corrected chi connectivity index (χ4v) is 3.92. The summed E-state index contributed by atoms with van der Waals surface area (Å²) in [5.74, 6) is -2.89. The van der Waals surface area contributed by atoms with E-state index in [1.54, 1.807) is 18.4 Å². The molecule has 0 atom stereocenters. The molecule has 0 saturated carbocycles. The molecule has 0 radical (unpaired) electrons. The number of ketones is 1. The van der Waals surface area contributed by atoms with Gasteiger partial charge < -0.3 is 20.3 Å². The number of anilines is 1. The molecule has 1 aliphatic rings. The Balaban J connectivity index is 1.92. The van der Waals surface area contributed by atoms with E-state index >= 15 is 0 Å². The molecule has 3 heterocycles. The summed E-state index contributed by atoms with van der Waals surface area (Å²) in [7, 11) is 0. The normalized spacial score (nSPS) is 13.4. The number of fused-ring (bicyclic) bond motifs is 1. The molecule has 1 aliphatic heterocycles. The Bertz CT molecular complexity index is 1080. The summed E-state index contributed by atoms with van der Waals surface area (Å²) in [5.41, 5.74) is 0.644. The Morgan fingerprint density at radius 2 is 2.03 bits per heavy atom. The predicted octanol–water partition coefficient (Wildman–Crippen LogP) is 2.89. The van der Waals surface area contributed by atoms with Crippen LogP contribution in [0, 0.1) is 18.3 Å². The van der Waals surface area contributed by atoms with Gasteiger partial charge in [0.2, 0.25) is 5.95 Å². The van der Waals surface area contributed by atoms with Gasteiger partial charge in [-0.3, -0.25) is 14.4 Å². The number of aromatic nitrogens is 2. The third kappa shape index (κ3) is 4.83. The van der Waals surface area contributed by atoms with E-state index in [0.29, 0.717) is 18.7 Å². The fraction of sp³-hybridized carbons (Fsp3) is 0.455. The van der Waals surface area contributed by atoms with Crippen LogP contribution in [-0.4, -0.2) is 45.4 Å². The minimum Gasteiger partial charge on any atom is -0.396 e. The first-order valence-electron chi connectivity index (χ1n) is 10.3. The van der Waals surface area contributed by atoms with Crippen LogP contribution < -0.4 is 10.6 Å². The zero-order valence-electron chi connectivity index (χ0n) is 18.2. The number of aryl methyl sites for hydroxylation is 1. The highest BCUT2D eigenvalue weighted by atomic mass is 35.5. The number of aliphatic hydroxyl groups is 1. The Labute approximate surface area is 190 Å². The van der Waals surface area contributed by atoms with Crippen molar-refractivity contribution in [3.05, 3.63) is 45.7 Å². The maximum atomic E-state index is 13.4. The van der Waals surface area contributed by atoms with Gasteiger partial charge in [-0.05, 0) is 32.3 Å². The first-order chi connectivity index (χ1) is 15.1.